The van der Waals surface area contributed by atoms with Gasteiger partial charge in [-0.15, -0.1) is 0 Å². The fourth-order valence-electron chi connectivity index (χ4n) is 4.73. The van der Waals surface area contributed by atoms with Crippen LogP contribution >= 0.6 is 0 Å². The predicted octanol–water partition coefficient (Wildman–Crippen LogP) is 4.16. The van der Waals surface area contributed by atoms with Crippen molar-refractivity contribution in [1.82, 2.24) is 5.32 Å². The molecule has 1 amide bonds. The van der Waals surface area contributed by atoms with Gasteiger partial charge in [-0.1, -0.05) is 12.1 Å². The molecule has 0 unspecified atom stereocenters. The summed E-state index contributed by atoms with van der Waals surface area (Å²) in [7, 11) is 0. The van der Waals surface area contributed by atoms with E-state index >= 15 is 0 Å². The molecule has 0 aliphatic carbocycles. The van der Waals surface area contributed by atoms with E-state index in [1.807, 2.05) is 35.4 Å². The molecule has 2 aliphatic rings. The van der Waals surface area contributed by atoms with Gasteiger partial charge in [0, 0.05) is 42.1 Å². The van der Waals surface area contributed by atoms with Gasteiger partial charge in [-0.25, -0.2) is 0 Å². The topological polar surface area (TPSA) is 104 Å². The lowest BCUT2D eigenvalue weighted by Crippen LogP contribution is -2.40. The quantitative estimate of drug-likeness (QED) is 0.656. The van der Waals surface area contributed by atoms with Crippen molar-refractivity contribution in [1.29, 1.82) is 5.26 Å². The Hall–Kier alpha value is -3.63. The zero-order chi connectivity index (χ0) is 24.1. The average Bonchev–Trinajstić information content (AvgIpc) is 2.85. The molecule has 7 nitrogen and oxygen atoms in total. The number of hydrogen-bond donors (Lipinski definition) is 2. The number of ether oxygens (including phenoxy) is 1. The summed E-state index contributed by atoms with van der Waals surface area (Å²) in [6.07, 6.45) is 6.92. The van der Waals surface area contributed by atoms with E-state index in [1.54, 1.807) is 25.3 Å². The van der Waals surface area contributed by atoms with Crippen LogP contribution in [0.15, 0.2) is 47.6 Å². The van der Waals surface area contributed by atoms with Gasteiger partial charge < -0.3 is 20.7 Å². The number of carbonyl (C=O) groups is 1. The van der Waals surface area contributed by atoms with E-state index in [4.69, 9.17) is 15.5 Å². The number of nitriles is 1. The first kappa shape index (κ1) is 23.5. The first-order chi connectivity index (χ1) is 16.5. The van der Waals surface area contributed by atoms with Crippen molar-refractivity contribution in [2.75, 3.05) is 18.0 Å². The zero-order valence-corrected chi connectivity index (χ0v) is 19.8. The minimum Gasteiger partial charge on any atom is -0.455 e. The van der Waals surface area contributed by atoms with Crippen LogP contribution in [-0.4, -0.2) is 37.3 Å². The van der Waals surface area contributed by atoms with E-state index in [9.17, 15) is 10.1 Å². The second-order valence-corrected chi connectivity index (χ2v) is 8.81. The minimum absolute atomic E-state index is 0.00774. The van der Waals surface area contributed by atoms with Gasteiger partial charge in [0.2, 0.25) is 5.91 Å². The van der Waals surface area contributed by atoms with Crippen molar-refractivity contribution in [2.24, 2.45) is 10.7 Å². The summed E-state index contributed by atoms with van der Waals surface area (Å²) in [6.45, 7) is 5.56. The van der Waals surface area contributed by atoms with Gasteiger partial charge in [-0.3, -0.25) is 9.79 Å². The highest BCUT2D eigenvalue weighted by atomic mass is 16.5. The van der Waals surface area contributed by atoms with Gasteiger partial charge in [0.1, 0.15) is 17.6 Å². The number of nitrogens with two attached hydrogens (primary N) is 1. The van der Waals surface area contributed by atoms with Crippen LogP contribution in [-0.2, 0) is 11.2 Å². The highest BCUT2D eigenvalue weighted by Crippen LogP contribution is 2.43. The Morgan fingerprint density at radius 3 is 2.71 bits per heavy atom. The Morgan fingerprint density at radius 1 is 1.24 bits per heavy atom. The van der Waals surface area contributed by atoms with Crippen molar-refractivity contribution in [3.63, 3.8) is 0 Å². The minimum atomic E-state index is -0.00774. The van der Waals surface area contributed by atoms with Crippen LogP contribution in [0.4, 0.5) is 5.69 Å². The van der Waals surface area contributed by atoms with E-state index in [0.29, 0.717) is 17.1 Å². The standard InChI is InChI=1S/C27H31N5O2/c1-18-7-8-24-25(32(18)19(2)33)10-9-23(21(16-29)17-31-22-11-13-30-14-12-22)27(24)34-26-6-4-3-5-20(26)15-28/h3-6,9-10,16-18,22,30H,7-8,11-14,29H2,1-2H3/t18-/m0/s1. The summed E-state index contributed by atoms with van der Waals surface area (Å²) in [5.41, 5.74) is 9.84. The molecule has 2 heterocycles. The third kappa shape index (κ3) is 4.82. The number of amides is 1. The third-order valence-electron chi connectivity index (χ3n) is 6.53. The van der Waals surface area contributed by atoms with Gasteiger partial charge in [0.05, 0.1) is 17.3 Å². The van der Waals surface area contributed by atoms with Crippen molar-refractivity contribution >= 4 is 23.4 Å². The van der Waals surface area contributed by atoms with Crippen LogP contribution in [0, 0.1) is 11.3 Å². The number of benzene rings is 2. The number of nitrogens with zero attached hydrogens (tertiary/aromatic N) is 3. The molecule has 2 aromatic carbocycles. The molecule has 1 saturated heterocycles. The Kier molecular flexibility index (Phi) is 7.29. The van der Waals surface area contributed by atoms with Crippen LogP contribution in [0.25, 0.3) is 5.57 Å². The number of allylic oxidation sites excluding steroid dienone is 1. The lowest BCUT2D eigenvalue weighted by molar-refractivity contribution is -0.117. The average molecular weight is 458 g/mol. The van der Waals surface area contributed by atoms with Crippen molar-refractivity contribution in [2.45, 2.75) is 51.6 Å². The van der Waals surface area contributed by atoms with E-state index in [0.717, 1.165) is 61.2 Å². The number of fused-ring (bicyclic) bond motifs is 1. The molecule has 0 saturated carbocycles. The first-order valence-electron chi connectivity index (χ1n) is 11.8. The SMILES string of the molecule is CC(=O)N1c2ccc(C(C=NC3CCNCC3)=CN)c(Oc3ccccc3C#N)c2CC[C@@H]1C. The van der Waals surface area contributed by atoms with Crippen molar-refractivity contribution in [3.05, 3.63) is 59.3 Å². The molecule has 34 heavy (non-hydrogen) atoms. The fraction of sp³-hybridized carbons (Fsp3) is 0.370. The lowest BCUT2D eigenvalue weighted by Gasteiger charge is -2.36. The molecule has 4 rings (SSSR count). The summed E-state index contributed by atoms with van der Waals surface area (Å²) in [5.74, 6) is 1.08. The molecule has 0 radical (unpaired) electrons. The lowest BCUT2D eigenvalue weighted by atomic mass is 9.91. The molecular weight excluding hydrogens is 426 g/mol. The Bertz CT molecular complexity index is 1160. The summed E-state index contributed by atoms with van der Waals surface area (Å²) in [5, 5.41) is 13.0. The number of aliphatic imine (C=N–C) groups is 1. The molecule has 1 fully saturated rings. The molecule has 3 N–H and O–H groups in total. The van der Waals surface area contributed by atoms with Gasteiger partial charge >= 0.3 is 0 Å². The molecule has 7 heteroatoms. The van der Waals surface area contributed by atoms with E-state index in [1.165, 1.54) is 0 Å². The van der Waals surface area contributed by atoms with Crippen molar-refractivity contribution in [3.8, 4) is 17.6 Å². The first-order valence-corrected chi connectivity index (χ1v) is 11.8. The highest BCUT2D eigenvalue weighted by Gasteiger charge is 2.30. The maximum atomic E-state index is 12.5. The number of hydrogen-bond acceptors (Lipinski definition) is 6. The van der Waals surface area contributed by atoms with Gasteiger partial charge in [0.15, 0.2) is 0 Å². The monoisotopic (exact) mass is 457 g/mol. The predicted molar refractivity (Wildman–Crippen MR) is 135 cm³/mol. The van der Waals surface area contributed by atoms with E-state index in [2.05, 4.69) is 18.3 Å². The molecule has 2 aliphatic heterocycles. The largest absolute Gasteiger partial charge is 0.455 e. The van der Waals surface area contributed by atoms with E-state index in [-0.39, 0.29) is 18.0 Å². The summed E-state index contributed by atoms with van der Waals surface area (Å²) in [6, 6.07) is 13.6. The summed E-state index contributed by atoms with van der Waals surface area (Å²) >= 11 is 0. The van der Waals surface area contributed by atoms with Crippen LogP contribution < -0.4 is 20.7 Å². The Labute approximate surface area is 200 Å². The van der Waals surface area contributed by atoms with Gasteiger partial charge in [-0.2, -0.15) is 5.26 Å². The summed E-state index contributed by atoms with van der Waals surface area (Å²) < 4.78 is 6.44. The Morgan fingerprint density at radius 2 is 2.00 bits per heavy atom. The van der Waals surface area contributed by atoms with Crippen LogP contribution in [0.5, 0.6) is 11.5 Å². The number of para-hydroxylation sites is 1. The fourth-order valence-corrected chi connectivity index (χ4v) is 4.73. The number of carbonyl (C=O) groups excluding carboxylic acids is 1. The summed E-state index contributed by atoms with van der Waals surface area (Å²) in [4.78, 5) is 19.1. The van der Waals surface area contributed by atoms with Gasteiger partial charge in [-0.05, 0) is 70.0 Å². The molecular formula is C27H31N5O2. The third-order valence-corrected chi connectivity index (χ3v) is 6.53. The number of piperidine rings is 1. The maximum Gasteiger partial charge on any atom is 0.224 e. The normalized spacial score (nSPS) is 19.0. The van der Waals surface area contributed by atoms with Crippen molar-refractivity contribution < 1.29 is 9.53 Å². The second-order valence-electron chi connectivity index (χ2n) is 8.81. The zero-order valence-electron chi connectivity index (χ0n) is 19.8. The second kappa shape index (κ2) is 10.5. The maximum absolute atomic E-state index is 12.5. The number of rotatable bonds is 5. The number of anilines is 1. The molecule has 2 aromatic rings. The Balaban J connectivity index is 1.82. The van der Waals surface area contributed by atoms with Crippen LogP contribution in [0.3, 0.4) is 0 Å². The number of nitrogens with one attached hydrogen (secondary N) is 1. The molecule has 1 atom stereocenters. The van der Waals surface area contributed by atoms with Crippen LogP contribution in [0.2, 0.25) is 0 Å². The molecule has 176 valence electrons. The molecule has 0 spiro atoms. The smallest absolute Gasteiger partial charge is 0.224 e. The molecule has 0 aromatic heterocycles. The van der Waals surface area contributed by atoms with Crippen LogP contribution in [0.1, 0.15) is 49.8 Å². The highest BCUT2D eigenvalue weighted by molar-refractivity contribution is 6.11. The molecule has 0 bridgehead atoms. The van der Waals surface area contributed by atoms with E-state index < -0.39 is 0 Å². The van der Waals surface area contributed by atoms with Gasteiger partial charge in [0.25, 0.3) is 0 Å².